The minimum Gasteiger partial charge on any atom is -0.504 e. The molecule has 0 atom stereocenters. The van der Waals surface area contributed by atoms with Gasteiger partial charge in [0, 0.05) is 19.0 Å². The topological polar surface area (TPSA) is 70.9 Å². The highest BCUT2D eigenvalue weighted by molar-refractivity contribution is 9.13. The number of hydrogen-bond acceptors (Lipinski definition) is 4. The molecule has 0 spiro atoms. The Kier molecular flexibility index (Phi) is 6.20. The molecule has 1 amide bonds. The van der Waals surface area contributed by atoms with E-state index in [-0.39, 0.29) is 11.7 Å². The van der Waals surface area contributed by atoms with Crippen LogP contribution in [0.2, 0.25) is 0 Å². The van der Waals surface area contributed by atoms with E-state index in [0.29, 0.717) is 25.8 Å². The fourth-order valence-corrected chi connectivity index (χ4v) is 2.80. The first-order valence-electron chi connectivity index (χ1n) is 6.28. The lowest BCUT2D eigenvalue weighted by atomic mass is 10.2. The lowest BCUT2D eigenvalue weighted by Crippen LogP contribution is -2.17. The van der Waals surface area contributed by atoms with Crippen molar-refractivity contribution in [3.63, 3.8) is 0 Å². The molecule has 8 heteroatoms. The van der Waals surface area contributed by atoms with Gasteiger partial charge < -0.3 is 9.84 Å². The van der Waals surface area contributed by atoms with E-state index in [4.69, 9.17) is 4.74 Å². The van der Waals surface area contributed by atoms with Gasteiger partial charge in [0.05, 0.1) is 18.9 Å². The molecule has 0 saturated carbocycles. The van der Waals surface area contributed by atoms with Crippen LogP contribution in [0, 0.1) is 0 Å². The maximum Gasteiger partial charge on any atom is 0.271 e. The number of benzene rings is 2. The molecule has 0 fully saturated rings. The van der Waals surface area contributed by atoms with Gasteiger partial charge in [-0.3, -0.25) is 4.79 Å². The normalized spacial score (nSPS) is 10.8. The van der Waals surface area contributed by atoms with Crippen molar-refractivity contribution < 1.29 is 14.6 Å². The van der Waals surface area contributed by atoms with Gasteiger partial charge >= 0.3 is 0 Å². The van der Waals surface area contributed by atoms with Gasteiger partial charge in [-0.05, 0) is 62.2 Å². The highest BCUT2D eigenvalue weighted by Gasteiger charge is 2.14. The van der Waals surface area contributed by atoms with Crippen LogP contribution in [0.15, 0.2) is 48.9 Å². The highest BCUT2D eigenvalue weighted by Crippen LogP contribution is 2.39. The third-order valence-electron chi connectivity index (χ3n) is 2.88. The van der Waals surface area contributed by atoms with E-state index in [0.717, 1.165) is 4.47 Å². The van der Waals surface area contributed by atoms with Gasteiger partial charge in [0.2, 0.25) is 0 Å². The number of rotatable bonds is 4. The molecule has 0 aliphatic heterocycles. The zero-order valence-corrected chi connectivity index (χ0v) is 16.6. The molecule has 0 aliphatic rings. The van der Waals surface area contributed by atoms with E-state index < -0.39 is 0 Å². The maximum absolute atomic E-state index is 12.0. The number of nitrogens with zero attached hydrogens (tertiary/aromatic N) is 1. The molecule has 2 rings (SSSR count). The van der Waals surface area contributed by atoms with Crippen molar-refractivity contribution >= 4 is 59.9 Å². The lowest BCUT2D eigenvalue weighted by Gasteiger charge is -2.09. The molecule has 0 bridgehead atoms. The van der Waals surface area contributed by atoms with Gasteiger partial charge in [-0.2, -0.15) is 5.10 Å². The Labute approximate surface area is 158 Å². The molecular formula is C15H11Br3N2O3. The van der Waals surface area contributed by atoms with Crippen molar-refractivity contribution in [3.8, 4) is 11.5 Å². The summed E-state index contributed by atoms with van der Waals surface area (Å²) in [5.74, 6) is -0.142. The molecule has 0 aromatic heterocycles. The SMILES string of the molecule is COc1cc(Br)c(Br)c(C=NNC(=O)c2ccc(Br)cc2)c1O. The standard InChI is InChI=1S/C15H11Br3N2O3/c1-23-12-6-11(17)13(18)10(14(12)21)7-19-20-15(22)8-2-4-9(16)5-3-8/h2-7,21H,1H3,(H,20,22). The number of ether oxygens (including phenoxy) is 1. The van der Waals surface area contributed by atoms with Crippen LogP contribution >= 0.6 is 47.8 Å². The van der Waals surface area contributed by atoms with E-state index in [1.807, 2.05) is 0 Å². The van der Waals surface area contributed by atoms with Crippen molar-refractivity contribution in [2.45, 2.75) is 0 Å². The zero-order valence-electron chi connectivity index (χ0n) is 11.8. The third-order valence-corrected chi connectivity index (χ3v) is 5.42. The second kappa shape index (κ2) is 7.94. The molecule has 2 aromatic rings. The second-order valence-electron chi connectivity index (χ2n) is 4.34. The first-order chi connectivity index (χ1) is 10.9. The first-order valence-corrected chi connectivity index (χ1v) is 8.66. The molecule has 23 heavy (non-hydrogen) atoms. The molecule has 0 saturated heterocycles. The lowest BCUT2D eigenvalue weighted by molar-refractivity contribution is 0.0955. The number of methoxy groups -OCH3 is 1. The number of hydrogen-bond donors (Lipinski definition) is 2. The molecule has 2 N–H and O–H groups in total. The summed E-state index contributed by atoms with van der Waals surface area (Å²) in [5.41, 5.74) is 3.26. The number of carbonyl (C=O) groups excluding carboxylic acids is 1. The van der Waals surface area contributed by atoms with Crippen LogP contribution in [0.3, 0.4) is 0 Å². The van der Waals surface area contributed by atoms with E-state index in [1.54, 1.807) is 30.3 Å². The predicted molar refractivity (Wildman–Crippen MR) is 99.3 cm³/mol. The van der Waals surface area contributed by atoms with Crippen LogP contribution in [-0.2, 0) is 0 Å². The molecule has 120 valence electrons. The Bertz CT molecular complexity index is 762. The Hall–Kier alpha value is -1.38. The number of amides is 1. The summed E-state index contributed by atoms with van der Waals surface area (Å²) >= 11 is 9.99. The summed E-state index contributed by atoms with van der Waals surface area (Å²) in [6, 6.07) is 8.49. The zero-order chi connectivity index (χ0) is 17.0. The van der Waals surface area contributed by atoms with Crippen molar-refractivity contribution in [2.75, 3.05) is 7.11 Å². The minimum absolute atomic E-state index is 0.0794. The molecule has 0 radical (unpaired) electrons. The van der Waals surface area contributed by atoms with Crippen molar-refractivity contribution in [2.24, 2.45) is 5.10 Å². The van der Waals surface area contributed by atoms with Crippen LogP contribution in [0.1, 0.15) is 15.9 Å². The van der Waals surface area contributed by atoms with Gasteiger partial charge in [0.25, 0.3) is 5.91 Å². The van der Waals surface area contributed by atoms with Crippen LogP contribution in [-0.4, -0.2) is 24.3 Å². The number of hydrazone groups is 1. The number of phenols is 1. The molecule has 5 nitrogen and oxygen atoms in total. The summed E-state index contributed by atoms with van der Waals surface area (Å²) in [6.45, 7) is 0. The van der Waals surface area contributed by atoms with E-state index >= 15 is 0 Å². The molecular weight excluding hydrogens is 496 g/mol. The average molecular weight is 507 g/mol. The first kappa shape index (κ1) is 18.0. The quantitative estimate of drug-likeness (QED) is 0.475. The molecule has 2 aromatic carbocycles. The number of halogens is 3. The van der Waals surface area contributed by atoms with Crippen LogP contribution < -0.4 is 10.2 Å². The van der Waals surface area contributed by atoms with Gasteiger partial charge in [-0.1, -0.05) is 15.9 Å². The van der Waals surface area contributed by atoms with Crippen LogP contribution in [0.5, 0.6) is 11.5 Å². The maximum atomic E-state index is 12.0. The Balaban J connectivity index is 2.19. The Morgan fingerprint density at radius 2 is 1.91 bits per heavy atom. The largest absolute Gasteiger partial charge is 0.504 e. The van der Waals surface area contributed by atoms with E-state index in [2.05, 4.69) is 58.3 Å². The fourth-order valence-electron chi connectivity index (χ4n) is 1.71. The van der Waals surface area contributed by atoms with Gasteiger partial charge in [0.1, 0.15) is 0 Å². The van der Waals surface area contributed by atoms with Crippen molar-refractivity contribution in [1.82, 2.24) is 5.43 Å². The number of phenolic OH excluding ortho intramolecular Hbond substituents is 1. The number of nitrogens with one attached hydrogen (secondary N) is 1. The van der Waals surface area contributed by atoms with E-state index in [1.165, 1.54) is 13.3 Å². The summed E-state index contributed by atoms with van der Waals surface area (Å²) < 4.78 is 7.24. The summed E-state index contributed by atoms with van der Waals surface area (Å²) in [4.78, 5) is 12.0. The predicted octanol–water partition coefficient (Wildman–Crippen LogP) is 4.45. The van der Waals surface area contributed by atoms with Crippen molar-refractivity contribution in [3.05, 3.63) is 54.9 Å². The second-order valence-corrected chi connectivity index (χ2v) is 6.91. The average Bonchev–Trinajstić information content (AvgIpc) is 2.54. The molecule has 0 aliphatic carbocycles. The Morgan fingerprint density at radius 1 is 1.26 bits per heavy atom. The summed E-state index contributed by atoms with van der Waals surface area (Å²) in [5, 5.41) is 14.0. The molecule has 0 heterocycles. The van der Waals surface area contributed by atoms with Crippen LogP contribution in [0.4, 0.5) is 0 Å². The minimum atomic E-state index is -0.355. The van der Waals surface area contributed by atoms with Gasteiger partial charge in [-0.15, -0.1) is 0 Å². The summed E-state index contributed by atoms with van der Waals surface area (Å²) in [6.07, 6.45) is 1.34. The van der Waals surface area contributed by atoms with Crippen LogP contribution in [0.25, 0.3) is 0 Å². The monoisotopic (exact) mass is 504 g/mol. The number of aromatic hydroxyl groups is 1. The van der Waals surface area contributed by atoms with E-state index in [9.17, 15) is 9.90 Å². The number of carbonyl (C=O) groups is 1. The Morgan fingerprint density at radius 3 is 2.52 bits per heavy atom. The van der Waals surface area contributed by atoms with Gasteiger partial charge in [0.15, 0.2) is 11.5 Å². The molecule has 0 unspecified atom stereocenters. The van der Waals surface area contributed by atoms with Gasteiger partial charge in [-0.25, -0.2) is 5.43 Å². The smallest absolute Gasteiger partial charge is 0.271 e. The fraction of sp³-hybridized carbons (Fsp3) is 0.0667. The highest BCUT2D eigenvalue weighted by atomic mass is 79.9. The third kappa shape index (κ3) is 4.33. The van der Waals surface area contributed by atoms with Crippen molar-refractivity contribution in [1.29, 1.82) is 0 Å². The summed E-state index contributed by atoms with van der Waals surface area (Å²) in [7, 11) is 1.45.